The van der Waals surface area contributed by atoms with Gasteiger partial charge in [0.15, 0.2) is 0 Å². The van der Waals surface area contributed by atoms with Crippen LogP contribution in [0.25, 0.3) is 0 Å². The van der Waals surface area contributed by atoms with Gasteiger partial charge in [0.2, 0.25) is 0 Å². The van der Waals surface area contributed by atoms with Crippen molar-refractivity contribution in [1.29, 1.82) is 0 Å². The van der Waals surface area contributed by atoms with Crippen LogP contribution in [0.15, 0.2) is 18.2 Å². The molecule has 2 unspecified atom stereocenters. The molecule has 0 amide bonds. The van der Waals surface area contributed by atoms with Gasteiger partial charge in [-0.15, -0.1) is 0 Å². The van der Waals surface area contributed by atoms with E-state index < -0.39 is 0 Å². The number of benzene rings is 1. The molecule has 2 saturated heterocycles. The molecule has 0 N–H and O–H groups in total. The number of ether oxygens (including phenoxy) is 1. The lowest BCUT2D eigenvalue weighted by Crippen LogP contribution is -2.42. The molecular formula is C15H19BrClNO. The van der Waals surface area contributed by atoms with Crippen LogP contribution in [0.1, 0.15) is 31.2 Å². The molecular weight excluding hydrogens is 326 g/mol. The highest BCUT2D eigenvalue weighted by molar-refractivity contribution is 9.09. The maximum atomic E-state index is 6.12. The SMILES string of the molecule is COc1ccc(Cl)cc1CN1C2CCC1CC(Br)C2. The van der Waals surface area contributed by atoms with Crippen LogP contribution in [0.5, 0.6) is 5.75 Å². The molecule has 0 saturated carbocycles. The Hall–Kier alpha value is -0.250. The maximum absolute atomic E-state index is 6.12. The molecule has 1 aromatic carbocycles. The number of hydrogen-bond donors (Lipinski definition) is 0. The fraction of sp³-hybridized carbons (Fsp3) is 0.600. The number of nitrogens with zero attached hydrogens (tertiary/aromatic N) is 1. The number of rotatable bonds is 3. The van der Waals surface area contributed by atoms with Crippen molar-refractivity contribution in [3.63, 3.8) is 0 Å². The van der Waals surface area contributed by atoms with Gasteiger partial charge in [-0.3, -0.25) is 4.90 Å². The molecule has 2 atom stereocenters. The Kier molecular flexibility index (Phi) is 4.06. The minimum absolute atomic E-state index is 0.697. The van der Waals surface area contributed by atoms with Crippen LogP contribution >= 0.6 is 27.5 Å². The quantitative estimate of drug-likeness (QED) is 0.761. The summed E-state index contributed by atoms with van der Waals surface area (Å²) in [6, 6.07) is 7.33. The van der Waals surface area contributed by atoms with E-state index in [0.29, 0.717) is 16.9 Å². The minimum Gasteiger partial charge on any atom is -0.496 e. The van der Waals surface area contributed by atoms with Gasteiger partial charge in [-0.2, -0.15) is 0 Å². The van der Waals surface area contributed by atoms with Gasteiger partial charge >= 0.3 is 0 Å². The first-order valence-corrected chi connectivity index (χ1v) is 8.19. The third-order valence-corrected chi connectivity index (χ3v) is 5.40. The van der Waals surface area contributed by atoms with Crippen LogP contribution in [0.4, 0.5) is 0 Å². The monoisotopic (exact) mass is 343 g/mol. The van der Waals surface area contributed by atoms with Crippen LogP contribution in [0.2, 0.25) is 5.02 Å². The molecule has 19 heavy (non-hydrogen) atoms. The summed E-state index contributed by atoms with van der Waals surface area (Å²) in [5.41, 5.74) is 1.21. The normalized spacial score (nSPS) is 30.6. The van der Waals surface area contributed by atoms with Crippen molar-refractivity contribution < 1.29 is 4.74 Å². The zero-order valence-electron chi connectivity index (χ0n) is 11.1. The highest BCUT2D eigenvalue weighted by atomic mass is 79.9. The van der Waals surface area contributed by atoms with E-state index in [-0.39, 0.29) is 0 Å². The molecule has 2 heterocycles. The summed E-state index contributed by atoms with van der Waals surface area (Å²) in [5, 5.41) is 0.790. The van der Waals surface area contributed by atoms with Crippen LogP contribution in [-0.4, -0.2) is 28.9 Å². The molecule has 2 bridgehead atoms. The van der Waals surface area contributed by atoms with Crippen LogP contribution in [0.3, 0.4) is 0 Å². The van der Waals surface area contributed by atoms with Crippen molar-refractivity contribution in [1.82, 2.24) is 4.90 Å². The average Bonchev–Trinajstić information content (AvgIpc) is 2.62. The Balaban J connectivity index is 1.80. The zero-order chi connectivity index (χ0) is 13.4. The van der Waals surface area contributed by atoms with Crippen molar-refractivity contribution in [3.8, 4) is 5.75 Å². The Morgan fingerprint density at radius 3 is 2.63 bits per heavy atom. The summed E-state index contributed by atoms with van der Waals surface area (Å²) in [6.07, 6.45) is 5.18. The lowest BCUT2D eigenvalue weighted by Gasteiger charge is -2.37. The summed E-state index contributed by atoms with van der Waals surface area (Å²) in [5.74, 6) is 0.949. The van der Waals surface area contributed by atoms with Crippen molar-refractivity contribution in [2.45, 2.75) is 49.1 Å². The van der Waals surface area contributed by atoms with Crippen molar-refractivity contribution in [3.05, 3.63) is 28.8 Å². The fourth-order valence-corrected chi connectivity index (χ4v) is 4.59. The van der Waals surface area contributed by atoms with Crippen LogP contribution < -0.4 is 4.74 Å². The second-order valence-electron chi connectivity index (χ2n) is 5.58. The van der Waals surface area contributed by atoms with Crippen molar-refractivity contribution in [2.24, 2.45) is 0 Å². The molecule has 4 heteroatoms. The standard InChI is InChI=1S/C15H19BrClNO/c1-19-15-5-2-12(17)6-10(15)9-18-13-3-4-14(18)8-11(16)7-13/h2,5-6,11,13-14H,3-4,7-9H2,1H3. The van der Waals surface area contributed by atoms with E-state index in [1.54, 1.807) is 7.11 Å². The molecule has 0 radical (unpaired) electrons. The molecule has 0 aliphatic carbocycles. The fourth-order valence-electron chi connectivity index (χ4n) is 3.53. The highest BCUT2D eigenvalue weighted by Gasteiger charge is 2.39. The van der Waals surface area contributed by atoms with Gasteiger partial charge in [-0.05, 0) is 43.9 Å². The summed E-state index contributed by atoms with van der Waals surface area (Å²) in [6.45, 7) is 0.957. The van der Waals surface area contributed by atoms with Gasteiger partial charge in [-0.25, -0.2) is 0 Å². The third-order valence-electron chi connectivity index (χ3n) is 4.42. The van der Waals surface area contributed by atoms with Gasteiger partial charge in [-0.1, -0.05) is 27.5 Å². The Labute approximate surface area is 128 Å². The van der Waals surface area contributed by atoms with E-state index in [1.165, 1.54) is 31.2 Å². The van der Waals surface area contributed by atoms with Crippen molar-refractivity contribution >= 4 is 27.5 Å². The van der Waals surface area contributed by atoms with E-state index in [9.17, 15) is 0 Å². The summed E-state index contributed by atoms with van der Waals surface area (Å²) in [4.78, 5) is 3.34. The smallest absolute Gasteiger partial charge is 0.123 e. The van der Waals surface area contributed by atoms with E-state index in [4.69, 9.17) is 16.3 Å². The predicted octanol–water partition coefficient (Wildman–Crippen LogP) is 4.24. The first kappa shape index (κ1) is 13.7. The second-order valence-corrected chi connectivity index (χ2v) is 7.31. The minimum atomic E-state index is 0.697. The second kappa shape index (κ2) is 5.63. The van der Waals surface area contributed by atoms with Gasteiger partial charge in [0.05, 0.1) is 7.11 Å². The number of alkyl halides is 1. The van der Waals surface area contributed by atoms with E-state index in [0.717, 1.165) is 17.3 Å². The lowest BCUT2D eigenvalue weighted by atomic mass is 10.0. The van der Waals surface area contributed by atoms with E-state index in [2.05, 4.69) is 20.8 Å². The Bertz CT molecular complexity index is 453. The van der Waals surface area contributed by atoms with E-state index in [1.807, 2.05) is 18.2 Å². The molecule has 2 aliphatic rings. The lowest BCUT2D eigenvalue weighted by molar-refractivity contribution is 0.135. The first-order valence-electron chi connectivity index (χ1n) is 6.89. The van der Waals surface area contributed by atoms with Crippen LogP contribution in [0, 0.1) is 0 Å². The van der Waals surface area contributed by atoms with Gasteiger partial charge in [0, 0.05) is 34.0 Å². The van der Waals surface area contributed by atoms with E-state index >= 15 is 0 Å². The summed E-state index contributed by atoms with van der Waals surface area (Å²) in [7, 11) is 1.73. The topological polar surface area (TPSA) is 12.5 Å². The number of piperidine rings is 1. The maximum Gasteiger partial charge on any atom is 0.123 e. The molecule has 0 aromatic heterocycles. The first-order chi connectivity index (χ1) is 9.17. The number of halogens is 2. The van der Waals surface area contributed by atoms with Gasteiger partial charge in [0.25, 0.3) is 0 Å². The van der Waals surface area contributed by atoms with Gasteiger partial charge in [0.1, 0.15) is 5.75 Å². The molecule has 3 rings (SSSR count). The largest absolute Gasteiger partial charge is 0.496 e. The molecule has 1 aromatic rings. The molecule has 104 valence electrons. The zero-order valence-corrected chi connectivity index (χ0v) is 13.5. The van der Waals surface area contributed by atoms with Crippen LogP contribution in [-0.2, 0) is 6.54 Å². The average molecular weight is 345 g/mol. The number of fused-ring (bicyclic) bond motifs is 2. The Morgan fingerprint density at radius 2 is 2.00 bits per heavy atom. The number of hydrogen-bond acceptors (Lipinski definition) is 2. The Morgan fingerprint density at radius 1 is 1.32 bits per heavy atom. The molecule has 0 spiro atoms. The highest BCUT2D eigenvalue weighted by Crippen LogP contribution is 2.40. The van der Waals surface area contributed by atoms with Gasteiger partial charge < -0.3 is 4.74 Å². The number of methoxy groups -OCH3 is 1. The van der Waals surface area contributed by atoms with Crippen molar-refractivity contribution in [2.75, 3.05) is 7.11 Å². The molecule has 2 nitrogen and oxygen atoms in total. The predicted molar refractivity (Wildman–Crippen MR) is 82.3 cm³/mol. The third kappa shape index (κ3) is 2.79. The molecule has 2 aliphatic heterocycles. The molecule has 2 fully saturated rings. The summed E-state index contributed by atoms with van der Waals surface area (Å²) < 4.78 is 5.46. The summed E-state index contributed by atoms with van der Waals surface area (Å²) >= 11 is 9.91.